The van der Waals surface area contributed by atoms with Gasteiger partial charge < -0.3 is 43.4 Å². The molecule has 4 aromatic rings. The van der Waals surface area contributed by atoms with Gasteiger partial charge in [0.1, 0.15) is 5.75 Å². The molecule has 6 rings (SSSR count). The highest BCUT2D eigenvalue weighted by molar-refractivity contribution is 5.96. The van der Waals surface area contributed by atoms with Crippen LogP contribution in [-0.4, -0.2) is 106 Å². The number of methoxy groups -OCH3 is 4. The molecule has 11 heteroatoms. The van der Waals surface area contributed by atoms with E-state index in [4.69, 9.17) is 28.7 Å². The molecule has 0 radical (unpaired) electrons. The molecule has 0 bridgehead atoms. The lowest BCUT2D eigenvalue weighted by Gasteiger charge is -2.36. The van der Waals surface area contributed by atoms with E-state index in [1.165, 1.54) is 5.56 Å². The van der Waals surface area contributed by atoms with E-state index in [0.29, 0.717) is 55.2 Å². The van der Waals surface area contributed by atoms with Crippen molar-refractivity contribution in [1.29, 1.82) is 0 Å². The van der Waals surface area contributed by atoms with Gasteiger partial charge >= 0.3 is 0 Å². The third-order valence-corrected chi connectivity index (χ3v) is 10.4. The van der Waals surface area contributed by atoms with Crippen LogP contribution in [0.3, 0.4) is 0 Å². The third kappa shape index (κ3) is 7.49. The molecule has 2 aliphatic heterocycles. The van der Waals surface area contributed by atoms with E-state index in [1.807, 2.05) is 30.0 Å². The quantitative estimate of drug-likeness (QED) is 0.154. The van der Waals surface area contributed by atoms with Crippen molar-refractivity contribution in [2.75, 3.05) is 79.7 Å². The summed E-state index contributed by atoms with van der Waals surface area (Å²) in [6.45, 7) is 8.41. The number of nitrogens with one attached hydrogen (secondary N) is 1. The Labute approximate surface area is 295 Å². The van der Waals surface area contributed by atoms with Gasteiger partial charge in [0.05, 0.1) is 46.1 Å². The first-order chi connectivity index (χ1) is 24.4. The molecule has 3 aromatic carbocycles. The number of fused-ring (bicyclic) bond motifs is 1. The van der Waals surface area contributed by atoms with E-state index in [-0.39, 0.29) is 11.3 Å². The number of piperidine rings is 1. The van der Waals surface area contributed by atoms with Crippen LogP contribution in [0.4, 0.5) is 5.95 Å². The van der Waals surface area contributed by atoms with Gasteiger partial charge in [0.25, 0.3) is 5.91 Å². The van der Waals surface area contributed by atoms with E-state index in [9.17, 15) is 4.79 Å². The molecule has 3 heterocycles. The molecule has 1 atom stereocenters. The summed E-state index contributed by atoms with van der Waals surface area (Å²) >= 11 is 0. The second-order valence-electron chi connectivity index (χ2n) is 13.2. The minimum Gasteiger partial charge on any atom is -0.497 e. The Morgan fingerprint density at radius 2 is 1.62 bits per heavy atom. The summed E-state index contributed by atoms with van der Waals surface area (Å²) in [4.78, 5) is 23.5. The topological polar surface area (TPSA) is 99.6 Å². The Hall–Kier alpha value is -4.48. The van der Waals surface area contributed by atoms with Crippen molar-refractivity contribution in [3.63, 3.8) is 0 Å². The van der Waals surface area contributed by atoms with E-state index >= 15 is 0 Å². The second-order valence-corrected chi connectivity index (χ2v) is 13.2. The average molecular weight is 686 g/mol. The zero-order valence-corrected chi connectivity index (χ0v) is 30.1. The fourth-order valence-corrected chi connectivity index (χ4v) is 7.53. The third-order valence-electron chi connectivity index (χ3n) is 10.4. The molecule has 0 aliphatic carbocycles. The number of imidazole rings is 1. The van der Waals surface area contributed by atoms with Gasteiger partial charge in [-0.3, -0.25) is 4.79 Å². The van der Waals surface area contributed by atoms with E-state index in [1.54, 1.807) is 40.6 Å². The number of anilines is 1. The largest absolute Gasteiger partial charge is 0.497 e. The molecule has 1 N–H and O–H groups in total. The minimum absolute atomic E-state index is 0.0428. The van der Waals surface area contributed by atoms with Crippen molar-refractivity contribution in [2.24, 2.45) is 0 Å². The summed E-state index contributed by atoms with van der Waals surface area (Å²) in [5.74, 6) is 3.12. The van der Waals surface area contributed by atoms with Crippen LogP contribution in [0.1, 0.15) is 48.5 Å². The summed E-state index contributed by atoms with van der Waals surface area (Å²) in [5, 5.41) is 3.77. The molecular formula is C39H51N5O6. The maximum absolute atomic E-state index is 14.0. The van der Waals surface area contributed by atoms with Crippen LogP contribution >= 0.6 is 0 Å². The summed E-state index contributed by atoms with van der Waals surface area (Å²) in [6.07, 6.45) is 3.90. The number of amides is 1. The molecule has 1 amide bonds. The van der Waals surface area contributed by atoms with Gasteiger partial charge in [-0.25, -0.2) is 4.98 Å². The first-order valence-corrected chi connectivity index (χ1v) is 17.7. The summed E-state index contributed by atoms with van der Waals surface area (Å²) < 4.78 is 30.0. The maximum atomic E-state index is 14.0. The molecule has 0 spiro atoms. The van der Waals surface area contributed by atoms with Crippen molar-refractivity contribution in [2.45, 2.75) is 50.6 Å². The lowest BCUT2D eigenvalue weighted by Crippen LogP contribution is -2.42. The molecule has 1 unspecified atom stereocenters. The highest BCUT2D eigenvalue weighted by Crippen LogP contribution is 2.42. The van der Waals surface area contributed by atoms with Crippen LogP contribution in [0.5, 0.6) is 23.0 Å². The monoisotopic (exact) mass is 685 g/mol. The van der Waals surface area contributed by atoms with Gasteiger partial charge in [-0.1, -0.05) is 24.3 Å². The van der Waals surface area contributed by atoms with Crippen LogP contribution in [0, 0.1) is 0 Å². The van der Waals surface area contributed by atoms with Crippen molar-refractivity contribution in [3.8, 4) is 23.0 Å². The first kappa shape index (κ1) is 35.3. The number of carbonyl (C=O) groups excluding carboxylic acids is 1. The van der Waals surface area contributed by atoms with Gasteiger partial charge in [-0.05, 0) is 81.1 Å². The van der Waals surface area contributed by atoms with Crippen molar-refractivity contribution < 1.29 is 28.5 Å². The second kappa shape index (κ2) is 16.0. The zero-order chi connectivity index (χ0) is 35.1. The van der Waals surface area contributed by atoms with Gasteiger partial charge in [-0.2, -0.15) is 0 Å². The lowest BCUT2D eigenvalue weighted by molar-refractivity contribution is 0.0779. The average Bonchev–Trinajstić information content (AvgIpc) is 3.76. The fraction of sp³-hybridized carbons (Fsp3) is 0.487. The molecule has 11 nitrogen and oxygen atoms in total. The molecule has 2 aliphatic rings. The van der Waals surface area contributed by atoms with E-state index in [2.05, 4.69) is 45.1 Å². The van der Waals surface area contributed by atoms with Gasteiger partial charge in [-0.15, -0.1) is 0 Å². The maximum Gasteiger partial charge on any atom is 0.254 e. The summed E-state index contributed by atoms with van der Waals surface area (Å²) in [6, 6.07) is 20.5. The van der Waals surface area contributed by atoms with E-state index in [0.717, 1.165) is 74.6 Å². The van der Waals surface area contributed by atoms with Crippen molar-refractivity contribution >= 4 is 22.9 Å². The number of hydrogen-bond donors (Lipinski definition) is 1. The molecule has 2 fully saturated rings. The number of para-hydroxylation sites is 2. The Balaban J connectivity index is 1.13. The number of carbonyl (C=O) groups is 1. The smallest absolute Gasteiger partial charge is 0.254 e. The predicted molar refractivity (Wildman–Crippen MR) is 195 cm³/mol. The number of nitrogens with zero attached hydrogens (tertiary/aromatic N) is 4. The zero-order valence-electron chi connectivity index (χ0n) is 30.1. The Kier molecular flexibility index (Phi) is 11.3. The van der Waals surface area contributed by atoms with E-state index < -0.39 is 0 Å². The van der Waals surface area contributed by atoms with Gasteiger partial charge in [0.2, 0.25) is 11.7 Å². The van der Waals surface area contributed by atoms with Crippen LogP contribution in [0.2, 0.25) is 0 Å². The SMILES string of the molecule is CCOCCn1c(NC2CCN(CCC3(c4ccc(OC)cc4)CCN(C(=O)c4cc(OC)c(OC)c(OC)c4)C3)CC2)nc2ccccc21. The fourth-order valence-electron chi connectivity index (χ4n) is 7.53. The minimum atomic E-state index is -0.177. The molecule has 1 aromatic heterocycles. The Morgan fingerprint density at radius 1 is 0.900 bits per heavy atom. The highest BCUT2D eigenvalue weighted by atomic mass is 16.5. The molecular weight excluding hydrogens is 634 g/mol. The number of hydrogen-bond acceptors (Lipinski definition) is 9. The number of aromatic nitrogens is 2. The number of benzene rings is 3. The Bertz CT molecular complexity index is 1710. The first-order valence-electron chi connectivity index (χ1n) is 17.7. The van der Waals surface area contributed by atoms with Crippen LogP contribution in [0.25, 0.3) is 11.0 Å². The van der Waals surface area contributed by atoms with Crippen LogP contribution in [-0.2, 0) is 16.7 Å². The van der Waals surface area contributed by atoms with Gasteiger partial charge in [0, 0.05) is 56.4 Å². The lowest BCUT2D eigenvalue weighted by atomic mass is 9.76. The van der Waals surface area contributed by atoms with Gasteiger partial charge in [0.15, 0.2) is 11.5 Å². The normalized spacial score (nSPS) is 18.4. The number of rotatable bonds is 15. The summed E-state index contributed by atoms with van der Waals surface area (Å²) in [7, 11) is 6.38. The molecule has 268 valence electrons. The number of likely N-dealkylation sites (tertiary alicyclic amines) is 2. The number of ether oxygens (including phenoxy) is 5. The van der Waals surface area contributed by atoms with Crippen molar-refractivity contribution in [3.05, 3.63) is 71.8 Å². The molecule has 2 saturated heterocycles. The van der Waals surface area contributed by atoms with Crippen LogP contribution in [0.15, 0.2) is 60.7 Å². The van der Waals surface area contributed by atoms with Crippen LogP contribution < -0.4 is 24.3 Å². The van der Waals surface area contributed by atoms with Crippen molar-refractivity contribution in [1.82, 2.24) is 19.4 Å². The Morgan fingerprint density at radius 3 is 2.28 bits per heavy atom. The standard InChI is InChI=1S/C39H51N5O6/c1-6-50-24-23-44-33-10-8-7-9-32(33)41-38(44)40-30-15-19-42(20-16-30)21-17-39(29-11-13-31(46-2)14-12-29)18-22-43(27-39)37(45)28-25-34(47-3)36(49-5)35(26-28)48-4/h7-14,25-26,30H,6,15-24,27H2,1-5H3,(H,40,41). The summed E-state index contributed by atoms with van der Waals surface area (Å²) in [5.41, 5.74) is 3.71. The molecule has 0 saturated carbocycles. The molecule has 50 heavy (non-hydrogen) atoms. The highest BCUT2D eigenvalue weighted by Gasteiger charge is 2.42. The predicted octanol–water partition coefficient (Wildman–Crippen LogP) is 5.86.